The lowest BCUT2D eigenvalue weighted by atomic mass is 10.0. The van der Waals surface area contributed by atoms with Crippen molar-refractivity contribution in [2.24, 2.45) is 10.6 Å². The van der Waals surface area contributed by atoms with E-state index >= 15 is 0 Å². The number of nitrogens with two attached hydrogens (primary N) is 1. The van der Waals surface area contributed by atoms with Crippen LogP contribution in [-0.2, 0) is 10.0 Å². The van der Waals surface area contributed by atoms with Crippen LogP contribution in [-0.4, -0.2) is 14.5 Å². The molecule has 17 heavy (non-hydrogen) atoms. The Morgan fingerprint density at radius 2 is 2.06 bits per heavy atom. The van der Waals surface area contributed by atoms with Gasteiger partial charge >= 0.3 is 0 Å². The standard InChI is InChI=1S/C12H18N2O2S/c1-9(12(2)6-7-12)14-10-4-3-5-11(8-10)17(13,15)16/h3-5,8-9,14H,6-7H2,1-2H3,(H2,13,15,16). The van der Waals surface area contributed by atoms with E-state index in [0.29, 0.717) is 11.5 Å². The molecule has 1 aromatic carbocycles. The van der Waals surface area contributed by atoms with E-state index in [1.807, 2.05) is 6.07 Å². The fraction of sp³-hybridized carbons (Fsp3) is 0.500. The van der Waals surface area contributed by atoms with Gasteiger partial charge in [-0.05, 0) is 43.4 Å². The predicted octanol–water partition coefficient (Wildman–Crippen LogP) is 1.93. The van der Waals surface area contributed by atoms with Gasteiger partial charge in [0.15, 0.2) is 0 Å². The second kappa shape index (κ2) is 3.99. The largest absolute Gasteiger partial charge is 0.382 e. The number of hydrogen-bond acceptors (Lipinski definition) is 3. The molecule has 1 aliphatic carbocycles. The van der Waals surface area contributed by atoms with E-state index in [4.69, 9.17) is 5.14 Å². The Morgan fingerprint density at radius 1 is 1.41 bits per heavy atom. The molecule has 0 bridgehead atoms. The summed E-state index contributed by atoms with van der Waals surface area (Å²) in [4.78, 5) is 0.149. The maximum absolute atomic E-state index is 11.2. The fourth-order valence-electron chi connectivity index (χ4n) is 1.82. The molecule has 0 aliphatic heterocycles. The molecule has 1 aromatic rings. The van der Waals surface area contributed by atoms with Crippen LogP contribution in [0.25, 0.3) is 0 Å². The maximum Gasteiger partial charge on any atom is 0.238 e. The van der Waals surface area contributed by atoms with Crippen molar-refractivity contribution in [3.8, 4) is 0 Å². The monoisotopic (exact) mass is 254 g/mol. The van der Waals surface area contributed by atoms with Crippen LogP contribution in [0.3, 0.4) is 0 Å². The summed E-state index contributed by atoms with van der Waals surface area (Å²) in [6.07, 6.45) is 2.44. The number of hydrogen-bond donors (Lipinski definition) is 2. The molecule has 5 heteroatoms. The summed E-state index contributed by atoms with van der Waals surface area (Å²) in [5, 5.41) is 8.44. The van der Waals surface area contributed by atoms with Crippen LogP contribution in [0.1, 0.15) is 26.7 Å². The zero-order valence-corrected chi connectivity index (χ0v) is 10.9. The van der Waals surface area contributed by atoms with Gasteiger partial charge in [0.1, 0.15) is 0 Å². The molecule has 0 heterocycles. The van der Waals surface area contributed by atoms with Crippen molar-refractivity contribution < 1.29 is 8.42 Å². The maximum atomic E-state index is 11.2. The first-order valence-electron chi connectivity index (χ1n) is 5.71. The van der Waals surface area contributed by atoms with Gasteiger partial charge < -0.3 is 5.32 Å². The van der Waals surface area contributed by atoms with E-state index < -0.39 is 10.0 Å². The van der Waals surface area contributed by atoms with Crippen LogP contribution in [0.15, 0.2) is 29.2 Å². The smallest absolute Gasteiger partial charge is 0.238 e. The molecule has 0 radical (unpaired) electrons. The summed E-state index contributed by atoms with van der Waals surface area (Å²) < 4.78 is 22.5. The van der Waals surface area contributed by atoms with Crippen molar-refractivity contribution in [3.63, 3.8) is 0 Å². The molecular formula is C12H18N2O2S. The first-order chi connectivity index (χ1) is 7.81. The summed E-state index contributed by atoms with van der Waals surface area (Å²) in [6.45, 7) is 4.35. The third kappa shape index (κ3) is 2.79. The molecule has 0 aromatic heterocycles. The number of rotatable bonds is 4. The zero-order valence-electron chi connectivity index (χ0n) is 10.1. The van der Waals surface area contributed by atoms with Gasteiger partial charge in [-0.25, -0.2) is 13.6 Å². The molecule has 2 rings (SSSR count). The Bertz CT molecular complexity index is 521. The van der Waals surface area contributed by atoms with Crippen LogP contribution >= 0.6 is 0 Å². The lowest BCUT2D eigenvalue weighted by Gasteiger charge is -2.21. The Hall–Kier alpha value is -1.07. The molecule has 0 saturated heterocycles. The van der Waals surface area contributed by atoms with Crippen molar-refractivity contribution in [1.82, 2.24) is 0 Å². The van der Waals surface area contributed by atoms with Crippen molar-refractivity contribution >= 4 is 15.7 Å². The van der Waals surface area contributed by atoms with Crippen LogP contribution in [0, 0.1) is 5.41 Å². The van der Waals surface area contributed by atoms with Gasteiger partial charge in [-0.2, -0.15) is 0 Å². The van der Waals surface area contributed by atoms with Gasteiger partial charge in [0, 0.05) is 11.7 Å². The highest BCUT2D eigenvalue weighted by atomic mass is 32.2. The van der Waals surface area contributed by atoms with E-state index in [9.17, 15) is 8.42 Å². The van der Waals surface area contributed by atoms with Gasteiger partial charge in [-0.1, -0.05) is 13.0 Å². The normalized spacial score (nSPS) is 19.7. The van der Waals surface area contributed by atoms with Crippen LogP contribution in [0.4, 0.5) is 5.69 Å². The van der Waals surface area contributed by atoms with Gasteiger partial charge in [0.25, 0.3) is 0 Å². The predicted molar refractivity (Wildman–Crippen MR) is 68.2 cm³/mol. The summed E-state index contributed by atoms with van der Waals surface area (Å²) >= 11 is 0. The average molecular weight is 254 g/mol. The number of benzene rings is 1. The van der Waals surface area contributed by atoms with Crippen molar-refractivity contribution in [3.05, 3.63) is 24.3 Å². The van der Waals surface area contributed by atoms with Crippen LogP contribution in [0.5, 0.6) is 0 Å². The van der Waals surface area contributed by atoms with Gasteiger partial charge in [-0.15, -0.1) is 0 Å². The van der Waals surface area contributed by atoms with E-state index in [1.165, 1.54) is 18.9 Å². The molecule has 0 spiro atoms. The Morgan fingerprint density at radius 3 is 2.59 bits per heavy atom. The minimum Gasteiger partial charge on any atom is -0.382 e. The molecule has 3 N–H and O–H groups in total. The minimum absolute atomic E-state index is 0.149. The van der Waals surface area contributed by atoms with E-state index in [2.05, 4.69) is 19.2 Å². The third-order valence-electron chi connectivity index (χ3n) is 3.63. The Labute approximate surface area is 102 Å². The first-order valence-corrected chi connectivity index (χ1v) is 7.25. The number of anilines is 1. The second-order valence-corrected chi connectivity index (χ2v) is 6.65. The molecule has 4 nitrogen and oxygen atoms in total. The van der Waals surface area contributed by atoms with Gasteiger partial charge in [-0.3, -0.25) is 0 Å². The summed E-state index contributed by atoms with van der Waals surface area (Å²) in [5.41, 5.74) is 1.15. The van der Waals surface area contributed by atoms with Crippen LogP contribution in [0.2, 0.25) is 0 Å². The number of sulfonamides is 1. The molecule has 1 saturated carbocycles. The molecule has 0 amide bonds. The van der Waals surface area contributed by atoms with E-state index in [-0.39, 0.29) is 4.90 Å². The summed E-state index contributed by atoms with van der Waals surface area (Å²) in [6, 6.07) is 6.97. The highest BCUT2D eigenvalue weighted by molar-refractivity contribution is 7.89. The van der Waals surface area contributed by atoms with E-state index in [0.717, 1.165) is 5.69 Å². The number of primary sulfonamides is 1. The lowest BCUT2D eigenvalue weighted by molar-refractivity contribution is 0.493. The average Bonchev–Trinajstić information content (AvgIpc) is 2.97. The molecule has 1 fully saturated rings. The van der Waals surface area contributed by atoms with Gasteiger partial charge in [0.05, 0.1) is 4.90 Å². The van der Waals surface area contributed by atoms with E-state index in [1.54, 1.807) is 12.1 Å². The minimum atomic E-state index is -3.62. The summed E-state index contributed by atoms with van der Waals surface area (Å²) in [7, 11) is -3.62. The molecule has 1 aliphatic rings. The second-order valence-electron chi connectivity index (χ2n) is 5.09. The first kappa shape index (κ1) is 12.4. The fourth-order valence-corrected chi connectivity index (χ4v) is 2.38. The van der Waals surface area contributed by atoms with Crippen molar-refractivity contribution in [2.45, 2.75) is 37.6 Å². The molecule has 94 valence electrons. The highest BCUT2D eigenvalue weighted by Crippen LogP contribution is 2.48. The van der Waals surface area contributed by atoms with Crippen molar-refractivity contribution in [2.75, 3.05) is 5.32 Å². The third-order valence-corrected chi connectivity index (χ3v) is 4.54. The Kier molecular flexibility index (Phi) is 2.91. The summed E-state index contributed by atoms with van der Waals surface area (Å²) in [5.74, 6) is 0. The molecule has 1 atom stereocenters. The zero-order chi connectivity index (χ0) is 12.7. The molecular weight excluding hydrogens is 236 g/mol. The quantitative estimate of drug-likeness (QED) is 0.862. The highest BCUT2D eigenvalue weighted by Gasteiger charge is 2.42. The SMILES string of the molecule is CC(Nc1cccc(S(N)(=O)=O)c1)C1(C)CC1. The topological polar surface area (TPSA) is 72.2 Å². The van der Waals surface area contributed by atoms with Gasteiger partial charge in [0.2, 0.25) is 10.0 Å². The Balaban J connectivity index is 2.17. The van der Waals surface area contributed by atoms with Crippen molar-refractivity contribution in [1.29, 1.82) is 0 Å². The number of nitrogens with one attached hydrogen (secondary N) is 1. The molecule has 1 unspecified atom stereocenters. The van der Waals surface area contributed by atoms with Crippen LogP contribution < -0.4 is 10.5 Å². The lowest BCUT2D eigenvalue weighted by Crippen LogP contribution is -2.25.